The van der Waals surface area contributed by atoms with Gasteiger partial charge in [-0.3, -0.25) is 5.41 Å². The van der Waals surface area contributed by atoms with E-state index < -0.39 is 0 Å². The Labute approximate surface area is 102 Å². The minimum atomic E-state index is 0.0106. The maximum absolute atomic E-state index is 7.29. The Kier molecular flexibility index (Phi) is 3.17. The van der Waals surface area contributed by atoms with Gasteiger partial charge in [0.05, 0.1) is 5.02 Å². The first-order valence-electron chi connectivity index (χ1n) is 4.48. The van der Waals surface area contributed by atoms with Gasteiger partial charge in [0.15, 0.2) is 5.16 Å². The molecule has 0 atom stereocenters. The monoisotopic (exact) mass is 252 g/mol. The van der Waals surface area contributed by atoms with E-state index in [0.29, 0.717) is 10.6 Å². The highest BCUT2D eigenvalue weighted by atomic mass is 35.5. The quantitative estimate of drug-likeness (QED) is 0.580. The van der Waals surface area contributed by atoms with Gasteiger partial charge in [0.1, 0.15) is 5.84 Å². The molecule has 0 amide bonds. The van der Waals surface area contributed by atoms with Crippen molar-refractivity contribution in [2.75, 3.05) is 0 Å². The number of nitrogen functional groups attached to an aromatic ring is 1. The van der Waals surface area contributed by atoms with Crippen molar-refractivity contribution in [3.8, 4) is 0 Å². The average molecular weight is 253 g/mol. The second-order valence-corrected chi connectivity index (χ2v) is 4.49. The molecule has 2 rings (SSSR count). The van der Waals surface area contributed by atoms with Gasteiger partial charge in [-0.2, -0.15) is 0 Å². The molecule has 4 nitrogen and oxygen atoms in total. The maximum atomic E-state index is 7.29. The van der Waals surface area contributed by atoms with Crippen LogP contribution >= 0.6 is 23.4 Å². The maximum Gasteiger partial charge on any atom is 0.170 e. The molecule has 0 aliphatic rings. The van der Waals surface area contributed by atoms with Crippen molar-refractivity contribution in [2.24, 2.45) is 5.73 Å². The molecular weight excluding hydrogens is 244 g/mol. The number of nitrogens with two attached hydrogens (primary N) is 1. The first-order valence-corrected chi connectivity index (χ1v) is 5.67. The van der Waals surface area contributed by atoms with E-state index in [1.807, 2.05) is 6.07 Å². The molecule has 0 spiro atoms. The zero-order chi connectivity index (χ0) is 11.5. The Bertz CT molecular complexity index is 510. The molecule has 0 bridgehead atoms. The van der Waals surface area contributed by atoms with E-state index in [-0.39, 0.29) is 5.84 Å². The van der Waals surface area contributed by atoms with Crippen molar-refractivity contribution in [3.05, 3.63) is 41.2 Å². The Morgan fingerprint density at radius 2 is 2.31 bits per heavy atom. The number of rotatable bonds is 3. The van der Waals surface area contributed by atoms with Gasteiger partial charge in [-0.25, -0.2) is 4.98 Å². The molecular formula is C10H9ClN4S. The third-order valence-electron chi connectivity index (χ3n) is 1.92. The topological polar surface area (TPSA) is 78.6 Å². The van der Waals surface area contributed by atoms with E-state index in [2.05, 4.69) is 9.97 Å². The largest absolute Gasteiger partial charge is 0.384 e. The van der Waals surface area contributed by atoms with Gasteiger partial charge in [0.2, 0.25) is 0 Å². The number of nitrogens with zero attached hydrogens (tertiary/aromatic N) is 1. The summed E-state index contributed by atoms with van der Waals surface area (Å²) in [6.45, 7) is 0. The highest BCUT2D eigenvalue weighted by Gasteiger charge is 2.06. The minimum Gasteiger partial charge on any atom is -0.384 e. The molecule has 82 valence electrons. The molecule has 1 aromatic heterocycles. The molecule has 2 aromatic rings. The Morgan fingerprint density at radius 1 is 1.50 bits per heavy atom. The lowest BCUT2D eigenvalue weighted by atomic mass is 10.2. The zero-order valence-electron chi connectivity index (χ0n) is 8.20. The summed E-state index contributed by atoms with van der Waals surface area (Å²) in [5.74, 6) is 0.0106. The summed E-state index contributed by atoms with van der Waals surface area (Å²) >= 11 is 7.51. The van der Waals surface area contributed by atoms with E-state index in [1.165, 1.54) is 11.8 Å². The molecule has 16 heavy (non-hydrogen) atoms. The highest BCUT2D eigenvalue weighted by molar-refractivity contribution is 7.99. The minimum absolute atomic E-state index is 0.0106. The SMILES string of the molecule is N=C(N)c1ccc(Sc2ncc[nH]2)c(Cl)c1. The lowest BCUT2D eigenvalue weighted by Crippen LogP contribution is -2.10. The van der Waals surface area contributed by atoms with Crippen LogP contribution in [0.4, 0.5) is 0 Å². The molecule has 4 N–H and O–H groups in total. The molecule has 1 aromatic carbocycles. The van der Waals surface area contributed by atoms with Crippen LogP contribution in [-0.2, 0) is 0 Å². The van der Waals surface area contributed by atoms with Crippen LogP contribution in [0.3, 0.4) is 0 Å². The third kappa shape index (κ3) is 2.37. The Hall–Kier alpha value is -1.46. The Morgan fingerprint density at radius 3 is 2.88 bits per heavy atom. The lowest BCUT2D eigenvalue weighted by molar-refractivity contribution is 1.06. The van der Waals surface area contributed by atoms with Gasteiger partial charge in [-0.15, -0.1) is 0 Å². The van der Waals surface area contributed by atoms with Crippen LogP contribution in [0.2, 0.25) is 5.02 Å². The molecule has 0 unspecified atom stereocenters. The molecule has 0 fully saturated rings. The summed E-state index contributed by atoms with van der Waals surface area (Å²) < 4.78 is 0. The number of aromatic amines is 1. The lowest BCUT2D eigenvalue weighted by Gasteiger charge is -2.04. The van der Waals surface area contributed by atoms with Gasteiger partial charge in [0.25, 0.3) is 0 Å². The molecule has 6 heteroatoms. The predicted octanol–water partition coefficient (Wildman–Crippen LogP) is 2.50. The van der Waals surface area contributed by atoms with E-state index in [4.69, 9.17) is 22.7 Å². The van der Waals surface area contributed by atoms with Crippen molar-refractivity contribution in [1.29, 1.82) is 5.41 Å². The van der Waals surface area contributed by atoms with E-state index >= 15 is 0 Å². The number of halogens is 1. The number of H-pyrrole nitrogens is 1. The van der Waals surface area contributed by atoms with Crippen molar-refractivity contribution in [1.82, 2.24) is 9.97 Å². The molecule has 0 saturated heterocycles. The number of hydrogen-bond acceptors (Lipinski definition) is 3. The van der Waals surface area contributed by atoms with E-state index in [1.54, 1.807) is 24.5 Å². The zero-order valence-corrected chi connectivity index (χ0v) is 9.77. The summed E-state index contributed by atoms with van der Waals surface area (Å²) in [6, 6.07) is 5.26. The van der Waals surface area contributed by atoms with Gasteiger partial charge in [-0.1, -0.05) is 29.4 Å². The fourth-order valence-electron chi connectivity index (χ4n) is 1.16. The van der Waals surface area contributed by atoms with Crippen molar-refractivity contribution < 1.29 is 0 Å². The van der Waals surface area contributed by atoms with Crippen LogP contribution in [0.1, 0.15) is 5.56 Å². The normalized spacial score (nSPS) is 10.3. The van der Waals surface area contributed by atoms with Gasteiger partial charge in [-0.05, 0) is 12.1 Å². The highest BCUT2D eigenvalue weighted by Crippen LogP contribution is 2.31. The van der Waals surface area contributed by atoms with Crippen LogP contribution < -0.4 is 5.73 Å². The van der Waals surface area contributed by atoms with Crippen LogP contribution in [0.15, 0.2) is 40.6 Å². The number of aromatic nitrogens is 2. The predicted molar refractivity (Wildman–Crippen MR) is 65.2 cm³/mol. The first-order chi connectivity index (χ1) is 7.66. The van der Waals surface area contributed by atoms with Crippen molar-refractivity contribution in [2.45, 2.75) is 10.1 Å². The summed E-state index contributed by atoms with van der Waals surface area (Å²) in [6.07, 6.45) is 3.43. The third-order valence-corrected chi connectivity index (χ3v) is 3.34. The fourth-order valence-corrected chi connectivity index (χ4v) is 2.20. The summed E-state index contributed by atoms with van der Waals surface area (Å²) in [4.78, 5) is 7.94. The number of imidazole rings is 1. The number of nitrogens with one attached hydrogen (secondary N) is 2. The fraction of sp³-hybridized carbons (Fsp3) is 0. The first kappa shape index (κ1) is 11.0. The summed E-state index contributed by atoms with van der Waals surface area (Å²) in [5, 5.41) is 8.63. The number of amidine groups is 1. The molecule has 1 heterocycles. The number of hydrogen-bond donors (Lipinski definition) is 3. The van der Waals surface area contributed by atoms with Crippen LogP contribution in [0, 0.1) is 5.41 Å². The van der Waals surface area contributed by atoms with Crippen molar-refractivity contribution >= 4 is 29.2 Å². The second kappa shape index (κ2) is 4.59. The van der Waals surface area contributed by atoms with Crippen LogP contribution in [-0.4, -0.2) is 15.8 Å². The summed E-state index contributed by atoms with van der Waals surface area (Å²) in [5.41, 5.74) is 5.99. The smallest absolute Gasteiger partial charge is 0.170 e. The standard InChI is InChI=1S/C10H9ClN4S/c11-7-5-6(9(12)13)1-2-8(7)16-10-14-3-4-15-10/h1-5H,(H3,12,13)(H,14,15). The Balaban J connectivity index is 2.26. The average Bonchev–Trinajstić information content (AvgIpc) is 2.73. The van der Waals surface area contributed by atoms with Gasteiger partial charge >= 0.3 is 0 Å². The number of benzene rings is 1. The van der Waals surface area contributed by atoms with Gasteiger partial charge < -0.3 is 10.7 Å². The summed E-state index contributed by atoms with van der Waals surface area (Å²) in [7, 11) is 0. The van der Waals surface area contributed by atoms with Crippen molar-refractivity contribution in [3.63, 3.8) is 0 Å². The van der Waals surface area contributed by atoms with Crippen LogP contribution in [0.5, 0.6) is 0 Å². The molecule has 0 saturated carbocycles. The van der Waals surface area contributed by atoms with E-state index in [0.717, 1.165) is 10.1 Å². The molecule has 0 aliphatic carbocycles. The molecule has 0 radical (unpaired) electrons. The van der Waals surface area contributed by atoms with E-state index in [9.17, 15) is 0 Å². The second-order valence-electron chi connectivity index (χ2n) is 3.06. The van der Waals surface area contributed by atoms with Crippen LogP contribution in [0.25, 0.3) is 0 Å². The molecule has 0 aliphatic heterocycles. The van der Waals surface area contributed by atoms with Gasteiger partial charge in [0, 0.05) is 22.9 Å².